The van der Waals surface area contributed by atoms with Gasteiger partial charge in [-0.25, -0.2) is 0 Å². The van der Waals surface area contributed by atoms with Crippen molar-refractivity contribution in [3.05, 3.63) is 69.6 Å². The Labute approximate surface area is 154 Å². The molecule has 1 aliphatic rings. The van der Waals surface area contributed by atoms with E-state index in [4.69, 9.17) is 4.74 Å². The first-order valence-corrected chi connectivity index (χ1v) is 8.95. The average Bonchev–Trinajstić information content (AvgIpc) is 2.61. The smallest absolute Gasteiger partial charge is 0.260 e. The van der Waals surface area contributed by atoms with E-state index in [9.17, 15) is 9.59 Å². The number of aromatic amines is 1. The van der Waals surface area contributed by atoms with Crippen molar-refractivity contribution in [1.29, 1.82) is 0 Å². The summed E-state index contributed by atoms with van der Waals surface area (Å²) in [4.78, 5) is 29.7. The van der Waals surface area contributed by atoms with Gasteiger partial charge in [-0.05, 0) is 30.0 Å². The van der Waals surface area contributed by atoms with Crippen LogP contribution in [0.2, 0.25) is 0 Å². The number of hydrogen-bond acceptors (Lipinski definition) is 3. The standard InChI is InChI=1S/C21H26N2O3/c1-14-10-11-16(19(24)22-14)20(25)23-12-17(15-8-6-5-7-9-15)26-18(13-23)21(2,3)4/h5-11,17-18H,12-13H2,1-4H3,(H,22,24)/t17-,18+/m0/s1. The van der Waals surface area contributed by atoms with Gasteiger partial charge >= 0.3 is 0 Å². The minimum atomic E-state index is -0.343. The van der Waals surface area contributed by atoms with Crippen LogP contribution in [-0.4, -0.2) is 35.0 Å². The number of hydrogen-bond donors (Lipinski definition) is 1. The zero-order valence-electron chi connectivity index (χ0n) is 15.8. The fourth-order valence-electron chi connectivity index (χ4n) is 3.17. The summed E-state index contributed by atoms with van der Waals surface area (Å²) >= 11 is 0. The van der Waals surface area contributed by atoms with Gasteiger partial charge in [0.1, 0.15) is 11.7 Å². The molecule has 1 aromatic carbocycles. The van der Waals surface area contributed by atoms with Crippen molar-refractivity contribution in [3.63, 3.8) is 0 Å². The highest BCUT2D eigenvalue weighted by Crippen LogP contribution is 2.33. The molecule has 138 valence electrons. The molecule has 0 spiro atoms. The Balaban J connectivity index is 1.92. The second kappa shape index (κ2) is 7.08. The summed E-state index contributed by atoms with van der Waals surface area (Å²) < 4.78 is 6.32. The molecule has 1 aliphatic heterocycles. The highest BCUT2D eigenvalue weighted by molar-refractivity contribution is 5.94. The van der Waals surface area contributed by atoms with Crippen LogP contribution in [0.3, 0.4) is 0 Å². The largest absolute Gasteiger partial charge is 0.366 e. The number of aryl methyl sites for hydroxylation is 1. The first kappa shape index (κ1) is 18.4. The van der Waals surface area contributed by atoms with E-state index in [0.717, 1.165) is 11.3 Å². The van der Waals surface area contributed by atoms with Crippen molar-refractivity contribution in [2.24, 2.45) is 5.41 Å². The Morgan fingerprint density at radius 1 is 1.12 bits per heavy atom. The molecule has 2 aromatic rings. The van der Waals surface area contributed by atoms with Gasteiger partial charge in [0.05, 0.1) is 12.6 Å². The molecule has 5 nitrogen and oxygen atoms in total. The molecule has 0 unspecified atom stereocenters. The van der Waals surface area contributed by atoms with Gasteiger partial charge in [-0.15, -0.1) is 0 Å². The number of rotatable bonds is 2. The number of ether oxygens (including phenoxy) is 1. The molecule has 0 aliphatic carbocycles. The number of morpholine rings is 1. The van der Waals surface area contributed by atoms with E-state index in [1.165, 1.54) is 0 Å². The summed E-state index contributed by atoms with van der Waals surface area (Å²) in [6.45, 7) is 9.01. The van der Waals surface area contributed by atoms with E-state index < -0.39 is 0 Å². The number of benzene rings is 1. The van der Waals surface area contributed by atoms with Crippen LogP contribution in [0.4, 0.5) is 0 Å². The van der Waals surface area contributed by atoms with Crippen LogP contribution >= 0.6 is 0 Å². The monoisotopic (exact) mass is 354 g/mol. The van der Waals surface area contributed by atoms with Crippen LogP contribution < -0.4 is 5.56 Å². The predicted molar refractivity (Wildman–Crippen MR) is 101 cm³/mol. The summed E-state index contributed by atoms with van der Waals surface area (Å²) in [6, 6.07) is 13.3. The maximum atomic E-state index is 13.0. The lowest BCUT2D eigenvalue weighted by molar-refractivity contribution is -0.119. The van der Waals surface area contributed by atoms with Crippen LogP contribution in [-0.2, 0) is 4.74 Å². The molecule has 1 aromatic heterocycles. The molecule has 3 rings (SSSR count). The lowest BCUT2D eigenvalue weighted by Crippen LogP contribution is -2.51. The van der Waals surface area contributed by atoms with E-state index in [-0.39, 0.29) is 34.7 Å². The van der Waals surface area contributed by atoms with Gasteiger partial charge < -0.3 is 14.6 Å². The first-order chi connectivity index (χ1) is 12.3. The third-order valence-electron chi connectivity index (χ3n) is 4.81. The quantitative estimate of drug-likeness (QED) is 0.900. The van der Waals surface area contributed by atoms with E-state index in [0.29, 0.717) is 13.1 Å². The van der Waals surface area contributed by atoms with Gasteiger partial charge in [-0.2, -0.15) is 0 Å². The second-order valence-electron chi connectivity index (χ2n) is 7.98. The Kier molecular flexibility index (Phi) is 5.01. The zero-order chi connectivity index (χ0) is 18.9. The minimum Gasteiger partial charge on any atom is -0.366 e. The van der Waals surface area contributed by atoms with E-state index in [1.807, 2.05) is 30.3 Å². The Morgan fingerprint density at radius 3 is 2.42 bits per heavy atom. The molecule has 5 heteroatoms. The molecule has 1 amide bonds. The maximum absolute atomic E-state index is 13.0. The second-order valence-corrected chi connectivity index (χ2v) is 7.98. The third kappa shape index (κ3) is 3.88. The highest BCUT2D eigenvalue weighted by Gasteiger charge is 2.38. The number of carbonyl (C=O) groups excluding carboxylic acids is 1. The molecule has 26 heavy (non-hydrogen) atoms. The number of nitrogens with one attached hydrogen (secondary N) is 1. The van der Waals surface area contributed by atoms with Crippen molar-refractivity contribution < 1.29 is 9.53 Å². The summed E-state index contributed by atoms with van der Waals surface area (Å²) in [5.41, 5.74) is 1.49. The van der Waals surface area contributed by atoms with Gasteiger partial charge in [-0.1, -0.05) is 51.1 Å². The maximum Gasteiger partial charge on any atom is 0.260 e. The predicted octanol–water partition coefficient (Wildman–Crippen LogP) is 3.31. The van der Waals surface area contributed by atoms with Crippen LogP contribution in [0.1, 0.15) is 48.5 Å². The average molecular weight is 354 g/mol. The zero-order valence-corrected chi connectivity index (χ0v) is 15.8. The summed E-state index contributed by atoms with van der Waals surface area (Å²) in [5, 5.41) is 0. The first-order valence-electron chi connectivity index (χ1n) is 8.95. The molecule has 1 N–H and O–H groups in total. The third-order valence-corrected chi connectivity index (χ3v) is 4.81. The molecule has 2 atom stereocenters. The molecule has 0 radical (unpaired) electrons. The normalized spacial score (nSPS) is 20.8. The highest BCUT2D eigenvalue weighted by atomic mass is 16.5. The van der Waals surface area contributed by atoms with Gasteiger partial charge in [-0.3, -0.25) is 9.59 Å². The lowest BCUT2D eigenvalue weighted by Gasteiger charge is -2.43. The number of carbonyl (C=O) groups is 1. The van der Waals surface area contributed by atoms with Crippen LogP contribution in [0.5, 0.6) is 0 Å². The number of amides is 1. The van der Waals surface area contributed by atoms with Crippen LogP contribution in [0.15, 0.2) is 47.3 Å². The Hall–Kier alpha value is -2.40. The van der Waals surface area contributed by atoms with Crippen molar-refractivity contribution in [1.82, 2.24) is 9.88 Å². The molecule has 0 bridgehead atoms. The number of nitrogens with zero attached hydrogens (tertiary/aromatic N) is 1. The minimum absolute atomic E-state index is 0.116. The lowest BCUT2D eigenvalue weighted by atomic mass is 9.87. The summed E-state index contributed by atoms with van der Waals surface area (Å²) in [6.07, 6.45) is -0.322. The summed E-state index contributed by atoms with van der Waals surface area (Å²) in [7, 11) is 0. The SMILES string of the molecule is Cc1ccc(C(=O)N2C[C@@H](c3ccccc3)O[C@@H](C(C)(C)C)C2)c(=O)[nH]1. The van der Waals surface area contributed by atoms with Crippen molar-refractivity contribution in [3.8, 4) is 0 Å². The van der Waals surface area contributed by atoms with E-state index in [2.05, 4.69) is 25.8 Å². The van der Waals surface area contributed by atoms with Crippen molar-refractivity contribution in [2.75, 3.05) is 13.1 Å². The number of aromatic nitrogens is 1. The molecule has 1 saturated heterocycles. The molecule has 2 heterocycles. The van der Waals surface area contributed by atoms with Crippen LogP contribution in [0, 0.1) is 12.3 Å². The number of H-pyrrole nitrogens is 1. The fourth-order valence-corrected chi connectivity index (χ4v) is 3.17. The van der Waals surface area contributed by atoms with Gasteiger partial charge in [0.25, 0.3) is 11.5 Å². The fraction of sp³-hybridized carbons (Fsp3) is 0.429. The number of pyridine rings is 1. The Bertz CT molecular complexity index is 836. The van der Waals surface area contributed by atoms with Gasteiger partial charge in [0.2, 0.25) is 0 Å². The van der Waals surface area contributed by atoms with Crippen molar-refractivity contribution in [2.45, 2.75) is 39.9 Å². The molecular formula is C21H26N2O3. The topological polar surface area (TPSA) is 62.4 Å². The van der Waals surface area contributed by atoms with E-state index >= 15 is 0 Å². The van der Waals surface area contributed by atoms with Crippen molar-refractivity contribution >= 4 is 5.91 Å². The van der Waals surface area contributed by atoms with Crippen LogP contribution in [0.25, 0.3) is 0 Å². The molecule has 0 saturated carbocycles. The molecular weight excluding hydrogens is 328 g/mol. The molecule has 1 fully saturated rings. The van der Waals surface area contributed by atoms with Gasteiger partial charge in [0, 0.05) is 12.2 Å². The van der Waals surface area contributed by atoms with E-state index in [1.54, 1.807) is 24.0 Å². The van der Waals surface area contributed by atoms with Gasteiger partial charge in [0.15, 0.2) is 0 Å². The Morgan fingerprint density at radius 2 is 1.81 bits per heavy atom. The summed E-state index contributed by atoms with van der Waals surface area (Å²) in [5.74, 6) is -0.246.